The summed E-state index contributed by atoms with van der Waals surface area (Å²) < 4.78 is 7.66. The summed E-state index contributed by atoms with van der Waals surface area (Å²) in [5.74, 6) is 0.916. The average Bonchev–Trinajstić information content (AvgIpc) is 3.23. The van der Waals surface area contributed by atoms with Crippen molar-refractivity contribution in [2.75, 3.05) is 5.32 Å². The van der Waals surface area contributed by atoms with Crippen molar-refractivity contribution < 1.29 is 9.53 Å². The fraction of sp³-hybridized carbons (Fsp3) is 0.154. The second-order valence-corrected chi connectivity index (χ2v) is 8.11. The fourth-order valence-electron chi connectivity index (χ4n) is 3.35. The second-order valence-electron chi connectivity index (χ2n) is 7.70. The Kier molecular flexibility index (Phi) is 6.57. The Bertz CT molecular complexity index is 1250. The number of hydrogen-bond acceptors (Lipinski definition) is 3. The van der Waals surface area contributed by atoms with Gasteiger partial charge in [-0.2, -0.15) is 5.10 Å². The lowest BCUT2D eigenvalue weighted by Crippen LogP contribution is -2.13. The molecule has 0 saturated heterocycles. The number of nitrogens with zero attached hydrogens (tertiary/aromatic N) is 2. The van der Waals surface area contributed by atoms with Crippen molar-refractivity contribution in [3.05, 3.63) is 112 Å². The molecule has 0 spiro atoms. The van der Waals surface area contributed by atoms with Crippen LogP contribution in [0, 0.1) is 13.8 Å². The van der Waals surface area contributed by atoms with Crippen molar-refractivity contribution in [2.24, 2.45) is 0 Å². The van der Waals surface area contributed by atoms with Gasteiger partial charge in [-0.05, 0) is 60.4 Å². The molecule has 1 aromatic heterocycles. The third-order valence-corrected chi connectivity index (χ3v) is 5.46. The molecule has 0 aliphatic rings. The molecule has 0 bridgehead atoms. The largest absolute Gasteiger partial charge is 0.487 e. The molecular weight excluding hydrogens is 422 g/mol. The van der Waals surface area contributed by atoms with Gasteiger partial charge in [0.2, 0.25) is 0 Å². The van der Waals surface area contributed by atoms with Crippen molar-refractivity contribution in [1.82, 2.24) is 9.78 Å². The predicted octanol–water partition coefficient (Wildman–Crippen LogP) is 6.03. The van der Waals surface area contributed by atoms with E-state index in [1.54, 1.807) is 12.1 Å². The highest BCUT2D eigenvalue weighted by atomic mass is 35.5. The molecule has 6 heteroatoms. The monoisotopic (exact) mass is 445 g/mol. The zero-order chi connectivity index (χ0) is 22.5. The van der Waals surface area contributed by atoms with Gasteiger partial charge in [-0.15, -0.1) is 0 Å². The van der Waals surface area contributed by atoms with E-state index >= 15 is 0 Å². The Labute approximate surface area is 192 Å². The van der Waals surface area contributed by atoms with Gasteiger partial charge in [0, 0.05) is 17.8 Å². The molecule has 162 valence electrons. The molecule has 0 fully saturated rings. The number of aromatic nitrogens is 2. The SMILES string of the molecule is Cc1ccc(Cl)c(OCc2cccc(C(=O)Nc3ccn(Cc4ccccc4C)n3)c2)c1. The van der Waals surface area contributed by atoms with Crippen molar-refractivity contribution in [3.63, 3.8) is 0 Å². The zero-order valence-electron chi connectivity index (χ0n) is 18.0. The molecule has 32 heavy (non-hydrogen) atoms. The molecule has 1 N–H and O–H groups in total. The number of hydrogen-bond donors (Lipinski definition) is 1. The van der Waals surface area contributed by atoms with Crippen LogP contribution in [0.2, 0.25) is 5.02 Å². The molecule has 4 aromatic rings. The van der Waals surface area contributed by atoms with Crippen molar-refractivity contribution in [1.29, 1.82) is 0 Å². The maximum atomic E-state index is 12.7. The van der Waals surface area contributed by atoms with Gasteiger partial charge in [0.15, 0.2) is 5.82 Å². The van der Waals surface area contributed by atoms with Gasteiger partial charge in [0.05, 0.1) is 11.6 Å². The van der Waals surface area contributed by atoms with Gasteiger partial charge in [0.25, 0.3) is 5.91 Å². The number of rotatable bonds is 7. The predicted molar refractivity (Wildman–Crippen MR) is 127 cm³/mol. The van der Waals surface area contributed by atoms with Crippen LogP contribution in [0.5, 0.6) is 5.75 Å². The van der Waals surface area contributed by atoms with Gasteiger partial charge >= 0.3 is 0 Å². The average molecular weight is 446 g/mol. The number of nitrogens with one attached hydrogen (secondary N) is 1. The number of aryl methyl sites for hydroxylation is 2. The molecule has 5 nitrogen and oxygen atoms in total. The van der Waals surface area contributed by atoms with Gasteiger partial charge in [-0.25, -0.2) is 0 Å². The number of carbonyl (C=O) groups excluding carboxylic acids is 1. The van der Waals surface area contributed by atoms with E-state index in [4.69, 9.17) is 16.3 Å². The van der Waals surface area contributed by atoms with E-state index in [2.05, 4.69) is 29.5 Å². The van der Waals surface area contributed by atoms with Crippen LogP contribution in [0.1, 0.15) is 32.6 Å². The maximum absolute atomic E-state index is 12.7. The number of halogens is 1. The van der Waals surface area contributed by atoms with Crippen molar-refractivity contribution in [3.8, 4) is 5.75 Å². The Hall–Kier alpha value is -3.57. The molecule has 0 unspecified atom stereocenters. The molecule has 1 heterocycles. The first-order chi connectivity index (χ1) is 15.5. The first kappa shape index (κ1) is 21.7. The zero-order valence-corrected chi connectivity index (χ0v) is 18.8. The van der Waals surface area contributed by atoms with E-state index in [9.17, 15) is 4.79 Å². The minimum absolute atomic E-state index is 0.221. The Morgan fingerprint density at radius 1 is 1.03 bits per heavy atom. The Balaban J connectivity index is 1.39. The fourth-order valence-corrected chi connectivity index (χ4v) is 3.52. The highest BCUT2D eigenvalue weighted by molar-refractivity contribution is 6.32. The second kappa shape index (κ2) is 9.71. The maximum Gasteiger partial charge on any atom is 0.256 e. The Morgan fingerprint density at radius 3 is 2.72 bits per heavy atom. The third kappa shape index (κ3) is 5.37. The van der Waals surface area contributed by atoms with Crippen LogP contribution in [-0.2, 0) is 13.2 Å². The number of ether oxygens (including phenoxy) is 1. The van der Waals surface area contributed by atoms with E-state index < -0.39 is 0 Å². The molecule has 0 saturated carbocycles. The van der Waals surface area contributed by atoms with E-state index in [0.717, 1.165) is 11.1 Å². The summed E-state index contributed by atoms with van der Waals surface area (Å²) in [5.41, 5.74) is 4.88. The van der Waals surface area contributed by atoms with Crippen molar-refractivity contribution >= 4 is 23.3 Å². The van der Waals surface area contributed by atoms with Gasteiger partial charge in [-0.1, -0.05) is 54.1 Å². The number of anilines is 1. The quantitative estimate of drug-likeness (QED) is 0.377. The van der Waals surface area contributed by atoms with Crippen LogP contribution in [0.3, 0.4) is 0 Å². The summed E-state index contributed by atoms with van der Waals surface area (Å²) in [6.07, 6.45) is 1.86. The minimum atomic E-state index is -0.221. The molecule has 3 aromatic carbocycles. The molecule has 0 aliphatic heterocycles. The highest BCUT2D eigenvalue weighted by Gasteiger charge is 2.10. The van der Waals surface area contributed by atoms with E-state index in [1.807, 2.05) is 66.3 Å². The van der Waals surface area contributed by atoms with Crippen LogP contribution in [0.4, 0.5) is 5.82 Å². The summed E-state index contributed by atoms with van der Waals surface area (Å²) in [6.45, 7) is 5.02. The summed E-state index contributed by atoms with van der Waals surface area (Å²) in [5, 5.41) is 7.90. The first-order valence-corrected chi connectivity index (χ1v) is 10.7. The smallest absolute Gasteiger partial charge is 0.256 e. The molecule has 0 atom stereocenters. The number of amides is 1. The topological polar surface area (TPSA) is 56.1 Å². The van der Waals surface area contributed by atoms with Crippen LogP contribution in [0.25, 0.3) is 0 Å². The van der Waals surface area contributed by atoms with Crippen LogP contribution in [0.15, 0.2) is 79.0 Å². The van der Waals surface area contributed by atoms with Crippen LogP contribution >= 0.6 is 11.6 Å². The lowest BCUT2D eigenvalue weighted by atomic mass is 10.1. The molecule has 0 radical (unpaired) electrons. The van der Waals surface area contributed by atoms with Gasteiger partial charge < -0.3 is 10.1 Å². The van der Waals surface area contributed by atoms with E-state index in [0.29, 0.717) is 35.3 Å². The Morgan fingerprint density at radius 2 is 1.88 bits per heavy atom. The van der Waals surface area contributed by atoms with Gasteiger partial charge in [0.1, 0.15) is 12.4 Å². The lowest BCUT2D eigenvalue weighted by molar-refractivity contribution is 0.102. The van der Waals surface area contributed by atoms with Crippen LogP contribution < -0.4 is 10.1 Å². The van der Waals surface area contributed by atoms with E-state index in [-0.39, 0.29) is 5.91 Å². The first-order valence-electron chi connectivity index (χ1n) is 10.3. The lowest BCUT2D eigenvalue weighted by Gasteiger charge is -2.10. The third-order valence-electron chi connectivity index (χ3n) is 5.15. The number of carbonyl (C=O) groups is 1. The molecule has 0 aliphatic carbocycles. The summed E-state index contributed by atoms with van der Waals surface area (Å²) in [7, 11) is 0. The highest BCUT2D eigenvalue weighted by Crippen LogP contribution is 2.26. The summed E-state index contributed by atoms with van der Waals surface area (Å²) in [6, 6.07) is 22.9. The molecular formula is C26H24ClN3O2. The normalized spacial score (nSPS) is 10.7. The van der Waals surface area contributed by atoms with Crippen molar-refractivity contribution in [2.45, 2.75) is 27.0 Å². The minimum Gasteiger partial charge on any atom is -0.487 e. The molecule has 4 rings (SSSR count). The number of benzene rings is 3. The standard InChI is InChI=1S/C26H24ClN3O2/c1-18-10-11-23(27)24(14-18)32-17-20-7-5-9-21(15-20)26(31)28-25-12-13-30(29-25)16-22-8-4-3-6-19(22)2/h3-15H,16-17H2,1-2H3,(H,28,29,31). The van der Waals surface area contributed by atoms with Crippen LogP contribution in [-0.4, -0.2) is 15.7 Å². The van der Waals surface area contributed by atoms with E-state index in [1.165, 1.54) is 11.1 Å². The van der Waals surface area contributed by atoms with Gasteiger partial charge in [-0.3, -0.25) is 9.48 Å². The molecule has 1 amide bonds. The summed E-state index contributed by atoms with van der Waals surface area (Å²) in [4.78, 5) is 12.7. The summed E-state index contributed by atoms with van der Waals surface area (Å²) >= 11 is 6.20.